The van der Waals surface area contributed by atoms with Gasteiger partial charge in [0, 0.05) is 6.04 Å². The van der Waals surface area contributed by atoms with Crippen LogP contribution in [0.5, 0.6) is 0 Å². The normalized spacial score (nSPS) is 25.7. The highest BCUT2D eigenvalue weighted by Gasteiger charge is 2.26. The van der Waals surface area contributed by atoms with Crippen LogP contribution in [0.3, 0.4) is 0 Å². The lowest BCUT2D eigenvalue weighted by atomic mass is 10.2. The van der Waals surface area contributed by atoms with Gasteiger partial charge in [0.15, 0.2) is 0 Å². The van der Waals surface area contributed by atoms with Crippen LogP contribution in [0.1, 0.15) is 24.8 Å². The van der Waals surface area contributed by atoms with E-state index in [4.69, 9.17) is 4.74 Å². The van der Waals surface area contributed by atoms with Crippen molar-refractivity contribution in [3.63, 3.8) is 0 Å². The van der Waals surface area contributed by atoms with Gasteiger partial charge in [-0.05, 0) is 31.9 Å². The van der Waals surface area contributed by atoms with E-state index in [-0.39, 0.29) is 0 Å². The number of rotatable bonds is 4. The van der Waals surface area contributed by atoms with Crippen LogP contribution in [0.25, 0.3) is 0 Å². The summed E-state index contributed by atoms with van der Waals surface area (Å²) >= 11 is 0. The summed E-state index contributed by atoms with van der Waals surface area (Å²) in [6.07, 6.45) is 4.12. The standard InChI is InChI=1S/C13H19NO/c1-14-12-8-5-9-13(12)15-10-11-6-3-2-4-7-11/h2-4,6-7,12-14H,5,8-10H2,1H3/t12-,13?/m0/s1. The van der Waals surface area contributed by atoms with E-state index < -0.39 is 0 Å². The van der Waals surface area contributed by atoms with Crippen molar-refractivity contribution < 1.29 is 4.74 Å². The zero-order valence-electron chi connectivity index (χ0n) is 9.28. The zero-order valence-corrected chi connectivity index (χ0v) is 9.28. The first-order valence-electron chi connectivity index (χ1n) is 5.73. The molecule has 2 heteroatoms. The van der Waals surface area contributed by atoms with Crippen LogP contribution in [-0.2, 0) is 11.3 Å². The van der Waals surface area contributed by atoms with Crippen molar-refractivity contribution in [2.24, 2.45) is 0 Å². The molecule has 2 nitrogen and oxygen atoms in total. The van der Waals surface area contributed by atoms with Crippen LogP contribution in [0, 0.1) is 0 Å². The minimum Gasteiger partial charge on any atom is -0.372 e. The Morgan fingerprint density at radius 1 is 1.27 bits per heavy atom. The van der Waals surface area contributed by atoms with Gasteiger partial charge in [0.2, 0.25) is 0 Å². The first-order valence-corrected chi connectivity index (χ1v) is 5.73. The molecule has 1 unspecified atom stereocenters. The third-order valence-electron chi connectivity index (χ3n) is 3.13. The summed E-state index contributed by atoms with van der Waals surface area (Å²) in [5.74, 6) is 0. The van der Waals surface area contributed by atoms with E-state index in [2.05, 4.69) is 29.6 Å². The molecule has 0 amide bonds. The molecule has 1 aromatic rings. The van der Waals surface area contributed by atoms with Crippen LogP contribution in [-0.4, -0.2) is 19.2 Å². The quantitative estimate of drug-likeness (QED) is 0.814. The van der Waals surface area contributed by atoms with Crippen LogP contribution in [0.2, 0.25) is 0 Å². The molecule has 0 spiro atoms. The molecule has 0 aromatic heterocycles. The monoisotopic (exact) mass is 205 g/mol. The Kier molecular flexibility index (Phi) is 3.75. The highest BCUT2D eigenvalue weighted by molar-refractivity contribution is 5.13. The number of benzene rings is 1. The second kappa shape index (κ2) is 5.29. The van der Waals surface area contributed by atoms with Crippen LogP contribution >= 0.6 is 0 Å². The summed E-state index contributed by atoms with van der Waals surface area (Å²) in [5, 5.41) is 3.33. The molecule has 1 saturated carbocycles. The van der Waals surface area contributed by atoms with Crippen molar-refractivity contribution in [3.8, 4) is 0 Å². The lowest BCUT2D eigenvalue weighted by Crippen LogP contribution is -2.34. The van der Waals surface area contributed by atoms with Gasteiger partial charge in [0.25, 0.3) is 0 Å². The van der Waals surface area contributed by atoms with E-state index in [1.807, 2.05) is 13.1 Å². The highest BCUT2D eigenvalue weighted by Crippen LogP contribution is 2.22. The Labute approximate surface area is 91.6 Å². The molecule has 15 heavy (non-hydrogen) atoms. The van der Waals surface area contributed by atoms with Gasteiger partial charge in [-0.3, -0.25) is 0 Å². The molecule has 2 rings (SSSR count). The van der Waals surface area contributed by atoms with E-state index in [9.17, 15) is 0 Å². The predicted molar refractivity (Wildman–Crippen MR) is 61.7 cm³/mol. The minimum atomic E-state index is 0.398. The average Bonchev–Trinajstić information content (AvgIpc) is 2.75. The van der Waals surface area contributed by atoms with Gasteiger partial charge in [-0.15, -0.1) is 0 Å². The Balaban J connectivity index is 1.83. The SMILES string of the molecule is CN[C@H]1CCCC1OCc1ccccc1. The lowest BCUT2D eigenvalue weighted by Gasteiger charge is -2.19. The van der Waals surface area contributed by atoms with Crippen molar-refractivity contribution in [1.29, 1.82) is 0 Å². The van der Waals surface area contributed by atoms with E-state index >= 15 is 0 Å². The number of likely N-dealkylation sites (N-methyl/N-ethyl adjacent to an activating group) is 1. The molecule has 1 aromatic carbocycles. The Bertz CT molecular complexity index is 286. The molecule has 82 valence electrons. The van der Waals surface area contributed by atoms with Crippen LogP contribution in [0.4, 0.5) is 0 Å². The summed E-state index contributed by atoms with van der Waals surface area (Å²) in [5.41, 5.74) is 1.26. The average molecular weight is 205 g/mol. The van der Waals surface area contributed by atoms with Gasteiger partial charge in [0.1, 0.15) is 0 Å². The molecule has 1 aliphatic rings. The molecular weight excluding hydrogens is 186 g/mol. The zero-order chi connectivity index (χ0) is 10.5. The van der Waals surface area contributed by atoms with E-state index in [1.54, 1.807) is 0 Å². The lowest BCUT2D eigenvalue weighted by molar-refractivity contribution is 0.0295. The van der Waals surface area contributed by atoms with Crippen molar-refractivity contribution in [2.45, 2.75) is 38.0 Å². The number of nitrogens with one attached hydrogen (secondary N) is 1. The highest BCUT2D eigenvalue weighted by atomic mass is 16.5. The van der Waals surface area contributed by atoms with Crippen LogP contribution in [0.15, 0.2) is 30.3 Å². The topological polar surface area (TPSA) is 21.3 Å². The van der Waals surface area contributed by atoms with E-state index in [0.29, 0.717) is 12.1 Å². The summed E-state index contributed by atoms with van der Waals surface area (Å²) in [6, 6.07) is 10.9. The van der Waals surface area contributed by atoms with E-state index in [0.717, 1.165) is 6.61 Å². The summed E-state index contributed by atoms with van der Waals surface area (Å²) in [7, 11) is 2.02. The number of hydrogen-bond acceptors (Lipinski definition) is 2. The smallest absolute Gasteiger partial charge is 0.0732 e. The molecular formula is C13H19NO. The van der Waals surface area contributed by atoms with Crippen molar-refractivity contribution >= 4 is 0 Å². The third-order valence-corrected chi connectivity index (χ3v) is 3.13. The fraction of sp³-hybridized carbons (Fsp3) is 0.538. The molecule has 0 radical (unpaired) electrons. The molecule has 0 aliphatic heterocycles. The maximum Gasteiger partial charge on any atom is 0.0732 e. The molecule has 1 N–H and O–H groups in total. The fourth-order valence-electron chi connectivity index (χ4n) is 2.23. The van der Waals surface area contributed by atoms with Gasteiger partial charge in [-0.2, -0.15) is 0 Å². The minimum absolute atomic E-state index is 0.398. The Morgan fingerprint density at radius 2 is 2.07 bits per heavy atom. The largest absolute Gasteiger partial charge is 0.372 e. The van der Waals surface area contributed by atoms with Crippen molar-refractivity contribution in [1.82, 2.24) is 5.32 Å². The van der Waals surface area contributed by atoms with Crippen LogP contribution < -0.4 is 5.32 Å². The summed E-state index contributed by atoms with van der Waals surface area (Å²) < 4.78 is 5.93. The molecule has 2 atom stereocenters. The molecule has 0 heterocycles. The maximum atomic E-state index is 5.93. The summed E-state index contributed by atoms with van der Waals surface area (Å²) in [6.45, 7) is 0.740. The molecule has 0 saturated heterocycles. The molecule has 0 bridgehead atoms. The first-order chi connectivity index (χ1) is 7.40. The second-order valence-corrected chi connectivity index (χ2v) is 4.16. The van der Waals surface area contributed by atoms with Gasteiger partial charge in [-0.1, -0.05) is 30.3 Å². The molecule has 1 aliphatic carbocycles. The predicted octanol–water partition coefficient (Wildman–Crippen LogP) is 2.34. The number of hydrogen-bond donors (Lipinski definition) is 1. The van der Waals surface area contributed by atoms with Crippen molar-refractivity contribution in [3.05, 3.63) is 35.9 Å². The van der Waals surface area contributed by atoms with Gasteiger partial charge < -0.3 is 10.1 Å². The summed E-state index contributed by atoms with van der Waals surface area (Å²) in [4.78, 5) is 0. The molecule has 1 fully saturated rings. The van der Waals surface area contributed by atoms with Gasteiger partial charge >= 0.3 is 0 Å². The Hall–Kier alpha value is -0.860. The Morgan fingerprint density at radius 3 is 2.80 bits per heavy atom. The first kappa shape index (κ1) is 10.7. The van der Waals surface area contributed by atoms with E-state index in [1.165, 1.54) is 24.8 Å². The fourth-order valence-corrected chi connectivity index (χ4v) is 2.23. The third kappa shape index (κ3) is 2.80. The number of ether oxygens (including phenoxy) is 1. The van der Waals surface area contributed by atoms with Gasteiger partial charge in [0.05, 0.1) is 12.7 Å². The van der Waals surface area contributed by atoms with Gasteiger partial charge in [-0.25, -0.2) is 0 Å². The maximum absolute atomic E-state index is 5.93. The second-order valence-electron chi connectivity index (χ2n) is 4.16. The van der Waals surface area contributed by atoms with Crippen molar-refractivity contribution in [2.75, 3.05) is 7.05 Å².